The van der Waals surface area contributed by atoms with Crippen molar-refractivity contribution in [2.24, 2.45) is 5.73 Å². The van der Waals surface area contributed by atoms with E-state index in [1.165, 1.54) is 0 Å². The molecule has 0 saturated carbocycles. The van der Waals surface area contributed by atoms with E-state index < -0.39 is 11.5 Å². The average molecular weight is 454 g/mol. The highest BCUT2D eigenvalue weighted by Gasteiger charge is 2.17. The Morgan fingerprint density at radius 2 is 2.04 bits per heavy atom. The molecule has 0 aromatic heterocycles. The van der Waals surface area contributed by atoms with E-state index in [1.807, 2.05) is 25.1 Å². The number of nitrogens with two attached hydrogens (primary N) is 1. The first kappa shape index (κ1) is 19.5. The van der Waals surface area contributed by atoms with Gasteiger partial charge in [-0.05, 0) is 79.3 Å². The molecule has 4 N–H and O–H groups in total. The van der Waals surface area contributed by atoms with Gasteiger partial charge in [-0.3, -0.25) is 4.79 Å². The molecule has 2 aromatic carbocycles. The molecule has 2 rings (SSSR count). The van der Waals surface area contributed by atoms with Crippen LogP contribution in [0, 0.1) is 10.5 Å². The van der Waals surface area contributed by atoms with E-state index in [-0.39, 0.29) is 0 Å². The molecule has 2 aromatic rings. The van der Waals surface area contributed by atoms with Crippen molar-refractivity contribution in [1.82, 2.24) is 0 Å². The number of carbonyl (C=O) groups excluding carboxylic acids is 1. The maximum atomic E-state index is 11.8. The maximum absolute atomic E-state index is 11.8. The van der Waals surface area contributed by atoms with E-state index in [0.717, 1.165) is 14.8 Å². The van der Waals surface area contributed by atoms with Gasteiger partial charge in [0.1, 0.15) is 5.75 Å². The number of halogens is 1. The lowest BCUT2D eigenvalue weighted by Crippen LogP contribution is -2.22. The second-order valence-electron chi connectivity index (χ2n) is 6.54. The van der Waals surface area contributed by atoms with Gasteiger partial charge in [0.15, 0.2) is 0 Å². The molecule has 0 saturated heterocycles. The Labute approximate surface area is 161 Å². The van der Waals surface area contributed by atoms with Crippen LogP contribution in [0.3, 0.4) is 0 Å². The summed E-state index contributed by atoms with van der Waals surface area (Å²) in [7, 11) is 0. The van der Waals surface area contributed by atoms with E-state index in [4.69, 9.17) is 10.5 Å². The summed E-state index contributed by atoms with van der Waals surface area (Å²) in [4.78, 5) is 11.8. The van der Waals surface area contributed by atoms with Crippen LogP contribution in [0.4, 0.5) is 11.4 Å². The van der Waals surface area contributed by atoms with Gasteiger partial charge in [0, 0.05) is 15.7 Å². The minimum atomic E-state index is -0.818. The van der Waals surface area contributed by atoms with E-state index in [9.17, 15) is 9.90 Å². The van der Waals surface area contributed by atoms with Crippen molar-refractivity contribution in [1.29, 1.82) is 0 Å². The number of ether oxygens (including phenoxy) is 1. The van der Waals surface area contributed by atoms with E-state index >= 15 is 0 Å². The van der Waals surface area contributed by atoms with Crippen molar-refractivity contribution in [3.05, 3.63) is 51.1 Å². The highest BCUT2D eigenvalue weighted by Crippen LogP contribution is 2.33. The number of anilines is 2. The van der Waals surface area contributed by atoms with Crippen molar-refractivity contribution in [3.63, 3.8) is 0 Å². The summed E-state index contributed by atoms with van der Waals surface area (Å²) in [5.41, 5.74) is 7.53. The summed E-state index contributed by atoms with van der Waals surface area (Å²) in [6.07, 6.45) is 0.468. The molecule has 0 bridgehead atoms. The van der Waals surface area contributed by atoms with Gasteiger partial charge in [-0.25, -0.2) is 0 Å². The van der Waals surface area contributed by atoms with Crippen LogP contribution >= 0.6 is 22.6 Å². The Morgan fingerprint density at radius 1 is 1.32 bits per heavy atom. The van der Waals surface area contributed by atoms with Crippen molar-refractivity contribution in [3.8, 4) is 5.75 Å². The molecule has 0 aliphatic carbocycles. The molecule has 6 heteroatoms. The molecule has 0 radical (unpaired) electrons. The zero-order valence-electron chi connectivity index (χ0n) is 14.6. The van der Waals surface area contributed by atoms with Crippen LogP contribution in [0.2, 0.25) is 0 Å². The SMILES string of the molecule is Cc1cc(I)ccc1Nc1c(OCCC(C)(C)O)cccc1C(N)=O. The third kappa shape index (κ3) is 5.61. The van der Waals surface area contributed by atoms with E-state index in [1.54, 1.807) is 32.0 Å². The smallest absolute Gasteiger partial charge is 0.250 e. The molecule has 0 aliphatic heterocycles. The number of hydrogen-bond acceptors (Lipinski definition) is 4. The quantitative estimate of drug-likeness (QED) is 0.553. The number of amides is 1. The molecule has 0 heterocycles. The largest absolute Gasteiger partial charge is 0.491 e. The molecule has 0 spiro atoms. The molecule has 0 unspecified atom stereocenters. The van der Waals surface area contributed by atoms with Gasteiger partial charge < -0.3 is 20.9 Å². The van der Waals surface area contributed by atoms with Gasteiger partial charge in [0.25, 0.3) is 5.91 Å². The number of hydrogen-bond donors (Lipinski definition) is 3. The average Bonchev–Trinajstić information content (AvgIpc) is 2.49. The normalized spacial score (nSPS) is 11.2. The Bertz CT molecular complexity index is 770. The highest BCUT2D eigenvalue weighted by atomic mass is 127. The predicted molar refractivity (Wildman–Crippen MR) is 109 cm³/mol. The molecule has 5 nitrogen and oxygen atoms in total. The fourth-order valence-electron chi connectivity index (χ4n) is 2.30. The van der Waals surface area contributed by atoms with Crippen LogP contribution in [-0.4, -0.2) is 23.2 Å². The molecular weight excluding hydrogens is 431 g/mol. The number of carbonyl (C=O) groups is 1. The minimum absolute atomic E-state index is 0.325. The standard InChI is InChI=1S/C19H23IN2O3/c1-12-11-13(20)7-8-15(12)22-17-14(18(21)23)5-4-6-16(17)25-10-9-19(2,3)24/h4-8,11,22,24H,9-10H2,1-3H3,(H2,21,23). The fourth-order valence-corrected chi connectivity index (χ4v) is 2.95. The van der Waals surface area contributed by atoms with Crippen LogP contribution < -0.4 is 15.8 Å². The summed E-state index contributed by atoms with van der Waals surface area (Å²) in [6, 6.07) is 11.2. The maximum Gasteiger partial charge on any atom is 0.250 e. The van der Waals surface area contributed by atoms with Crippen LogP contribution in [0.15, 0.2) is 36.4 Å². The van der Waals surface area contributed by atoms with Gasteiger partial charge in [0.2, 0.25) is 0 Å². The molecule has 0 fully saturated rings. The van der Waals surface area contributed by atoms with Gasteiger partial charge >= 0.3 is 0 Å². The number of benzene rings is 2. The Kier molecular flexibility index (Phi) is 6.29. The monoisotopic (exact) mass is 454 g/mol. The third-order valence-corrected chi connectivity index (χ3v) is 4.38. The Balaban J connectivity index is 2.34. The van der Waals surface area contributed by atoms with E-state index in [2.05, 4.69) is 27.9 Å². The second-order valence-corrected chi connectivity index (χ2v) is 7.78. The predicted octanol–water partition coefficient (Wildman–Crippen LogP) is 3.98. The van der Waals surface area contributed by atoms with E-state index in [0.29, 0.717) is 30.0 Å². The van der Waals surface area contributed by atoms with Crippen LogP contribution in [-0.2, 0) is 0 Å². The van der Waals surface area contributed by atoms with Crippen molar-refractivity contribution in [2.75, 3.05) is 11.9 Å². The molecule has 1 amide bonds. The fraction of sp³-hybridized carbons (Fsp3) is 0.316. The third-order valence-electron chi connectivity index (χ3n) is 3.71. The van der Waals surface area contributed by atoms with Gasteiger partial charge in [0.05, 0.1) is 23.5 Å². The lowest BCUT2D eigenvalue weighted by Gasteiger charge is -2.20. The van der Waals surface area contributed by atoms with Crippen LogP contribution in [0.25, 0.3) is 0 Å². The van der Waals surface area contributed by atoms with Crippen molar-refractivity contribution in [2.45, 2.75) is 32.8 Å². The molecule has 25 heavy (non-hydrogen) atoms. The number of rotatable bonds is 7. The number of aryl methyl sites for hydroxylation is 1. The molecule has 134 valence electrons. The number of aliphatic hydroxyl groups is 1. The lowest BCUT2D eigenvalue weighted by atomic mass is 10.1. The molecule has 0 aliphatic rings. The number of para-hydroxylation sites is 1. The first-order chi connectivity index (χ1) is 11.7. The second kappa shape index (κ2) is 8.05. The topological polar surface area (TPSA) is 84.6 Å². The summed E-state index contributed by atoms with van der Waals surface area (Å²) < 4.78 is 6.94. The Hall–Kier alpha value is -1.80. The Morgan fingerprint density at radius 3 is 2.64 bits per heavy atom. The lowest BCUT2D eigenvalue weighted by molar-refractivity contribution is 0.0554. The molecular formula is C19H23IN2O3. The first-order valence-corrected chi connectivity index (χ1v) is 9.06. The number of primary amides is 1. The van der Waals surface area contributed by atoms with Gasteiger partial charge in [-0.15, -0.1) is 0 Å². The van der Waals surface area contributed by atoms with Crippen LogP contribution in [0.1, 0.15) is 36.2 Å². The zero-order valence-corrected chi connectivity index (χ0v) is 16.8. The zero-order chi connectivity index (χ0) is 18.6. The summed E-state index contributed by atoms with van der Waals surface area (Å²) >= 11 is 2.25. The van der Waals surface area contributed by atoms with Gasteiger partial charge in [-0.2, -0.15) is 0 Å². The number of nitrogens with one attached hydrogen (secondary N) is 1. The van der Waals surface area contributed by atoms with Crippen molar-refractivity contribution < 1.29 is 14.6 Å². The first-order valence-electron chi connectivity index (χ1n) is 7.98. The summed E-state index contributed by atoms with van der Waals surface area (Å²) in [6.45, 7) is 5.77. The van der Waals surface area contributed by atoms with Crippen molar-refractivity contribution >= 4 is 39.9 Å². The minimum Gasteiger partial charge on any atom is -0.491 e. The highest BCUT2D eigenvalue weighted by molar-refractivity contribution is 14.1. The van der Waals surface area contributed by atoms with Gasteiger partial charge in [-0.1, -0.05) is 6.07 Å². The summed E-state index contributed by atoms with van der Waals surface area (Å²) in [5.74, 6) is -0.00268. The summed E-state index contributed by atoms with van der Waals surface area (Å²) in [5, 5.41) is 13.1. The molecule has 0 atom stereocenters. The van der Waals surface area contributed by atoms with Crippen LogP contribution in [0.5, 0.6) is 5.75 Å².